The second kappa shape index (κ2) is 11.5. The fraction of sp³-hybridized carbons (Fsp3) is 0.500. The minimum Gasteiger partial charge on any atom is -0.494 e. The van der Waals surface area contributed by atoms with Gasteiger partial charge in [-0.2, -0.15) is 0 Å². The molecule has 0 aliphatic carbocycles. The number of ether oxygens (including phenoxy) is 1. The number of hydrogen-bond acceptors (Lipinski definition) is 4. The second-order valence-electron chi connectivity index (χ2n) is 9.36. The summed E-state index contributed by atoms with van der Waals surface area (Å²) >= 11 is 0. The fourth-order valence-electron chi connectivity index (χ4n) is 5.00. The van der Waals surface area contributed by atoms with Crippen LogP contribution >= 0.6 is 0 Å². The minimum absolute atomic E-state index is 0.0882. The number of hydrogen-bond donors (Lipinski definition) is 0. The topological polar surface area (TPSA) is 49.9 Å². The number of unbranched alkanes of at least 4 members (excludes halogenated alkanes) is 3. The van der Waals surface area contributed by atoms with E-state index in [1.54, 1.807) is 0 Å². The molecule has 2 fully saturated rings. The molecule has 0 unspecified atom stereocenters. The molecular formula is C28H36N2O3. The molecule has 0 spiro atoms. The second-order valence-corrected chi connectivity index (χ2v) is 9.36. The Morgan fingerprint density at radius 2 is 1.64 bits per heavy atom. The molecule has 5 heteroatoms. The van der Waals surface area contributed by atoms with E-state index in [9.17, 15) is 9.59 Å². The summed E-state index contributed by atoms with van der Waals surface area (Å²) in [6.45, 7) is 4.64. The maximum absolute atomic E-state index is 13.2. The lowest BCUT2D eigenvalue weighted by Gasteiger charge is -2.34. The summed E-state index contributed by atoms with van der Waals surface area (Å²) in [7, 11) is 0. The molecule has 2 aliphatic rings. The normalized spacial score (nSPS) is 19.9. The fourth-order valence-corrected chi connectivity index (χ4v) is 5.00. The molecular weight excluding hydrogens is 412 g/mol. The van der Waals surface area contributed by atoms with Crippen LogP contribution in [-0.2, 0) is 16.0 Å². The van der Waals surface area contributed by atoms with Crippen LogP contribution in [0.25, 0.3) is 0 Å². The third-order valence-corrected chi connectivity index (χ3v) is 6.94. The van der Waals surface area contributed by atoms with Crippen LogP contribution in [0.1, 0.15) is 57.4 Å². The third-order valence-electron chi connectivity index (χ3n) is 6.94. The lowest BCUT2D eigenvalue weighted by Crippen LogP contribution is -2.46. The first-order valence-electron chi connectivity index (χ1n) is 12.5. The Morgan fingerprint density at radius 1 is 0.909 bits per heavy atom. The zero-order valence-corrected chi connectivity index (χ0v) is 19.7. The van der Waals surface area contributed by atoms with Crippen LogP contribution < -0.4 is 9.64 Å². The summed E-state index contributed by atoms with van der Waals surface area (Å²) in [6, 6.07) is 17.6. The Kier molecular flexibility index (Phi) is 8.16. The molecule has 2 heterocycles. The first-order chi connectivity index (χ1) is 16.2. The van der Waals surface area contributed by atoms with Gasteiger partial charge in [-0.1, -0.05) is 56.5 Å². The number of rotatable bonds is 10. The first kappa shape index (κ1) is 23.5. The largest absolute Gasteiger partial charge is 0.494 e. The lowest BCUT2D eigenvalue weighted by atomic mass is 9.89. The molecule has 176 valence electrons. The van der Waals surface area contributed by atoms with Crippen LogP contribution in [0.15, 0.2) is 54.6 Å². The molecule has 33 heavy (non-hydrogen) atoms. The van der Waals surface area contributed by atoms with Gasteiger partial charge in [0.1, 0.15) is 5.75 Å². The lowest BCUT2D eigenvalue weighted by molar-refractivity contribution is -0.123. The zero-order valence-electron chi connectivity index (χ0n) is 19.7. The number of imide groups is 1. The SMILES string of the molecule is CCCCCCOc1ccc(N2C(=O)C[C@@H](N3CCC(Cc4ccccc4)CC3)C2=O)cc1. The van der Waals surface area contributed by atoms with Crippen LogP contribution in [0.5, 0.6) is 5.75 Å². The van der Waals surface area contributed by atoms with Crippen molar-refractivity contribution in [1.82, 2.24) is 4.90 Å². The van der Waals surface area contributed by atoms with E-state index in [4.69, 9.17) is 4.74 Å². The highest BCUT2D eigenvalue weighted by Gasteiger charge is 2.43. The summed E-state index contributed by atoms with van der Waals surface area (Å²) < 4.78 is 5.80. The van der Waals surface area contributed by atoms with Crippen molar-refractivity contribution in [2.45, 2.75) is 64.3 Å². The quantitative estimate of drug-likeness (QED) is 0.369. The van der Waals surface area contributed by atoms with E-state index in [1.165, 1.54) is 29.7 Å². The Bertz CT molecular complexity index is 904. The molecule has 4 rings (SSSR count). The first-order valence-corrected chi connectivity index (χ1v) is 12.5. The van der Waals surface area contributed by atoms with E-state index >= 15 is 0 Å². The number of nitrogens with zero attached hydrogens (tertiary/aromatic N) is 2. The van der Waals surface area contributed by atoms with Crippen LogP contribution in [0.2, 0.25) is 0 Å². The number of carbonyl (C=O) groups excluding carboxylic acids is 2. The Morgan fingerprint density at radius 3 is 2.33 bits per heavy atom. The van der Waals surface area contributed by atoms with E-state index in [-0.39, 0.29) is 24.3 Å². The highest BCUT2D eigenvalue weighted by atomic mass is 16.5. The van der Waals surface area contributed by atoms with Crippen molar-refractivity contribution < 1.29 is 14.3 Å². The van der Waals surface area contributed by atoms with Gasteiger partial charge in [0.25, 0.3) is 5.91 Å². The van der Waals surface area contributed by atoms with Gasteiger partial charge < -0.3 is 4.74 Å². The number of carbonyl (C=O) groups is 2. The molecule has 2 aromatic rings. The molecule has 2 aromatic carbocycles. The summed E-state index contributed by atoms with van der Waals surface area (Å²) in [5.41, 5.74) is 2.02. The van der Waals surface area contributed by atoms with Crippen LogP contribution in [0.4, 0.5) is 5.69 Å². The highest BCUT2D eigenvalue weighted by Crippen LogP contribution is 2.30. The Balaban J connectivity index is 1.29. The molecule has 2 saturated heterocycles. The van der Waals surface area contributed by atoms with Crippen LogP contribution in [0.3, 0.4) is 0 Å². The average Bonchev–Trinajstić information content (AvgIpc) is 3.14. The summed E-state index contributed by atoms with van der Waals surface area (Å²) in [6.07, 6.45) is 8.16. The molecule has 5 nitrogen and oxygen atoms in total. The Hall–Kier alpha value is -2.66. The van der Waals surface area contributed by atoms with Crippen molar-refractivity contribution in [1.29, 1.82) is 0 Å². The molecule has 0 radical (unpaired) electrons. The molecule has 0 bridgehead atoms. The maximum atomic E-state index is 13.2. The van der Waals surface area contributed by atoms with Gasteiger partial charge in [-0.3, -0.25) is 14.5 Å². The van der Waals surface area contributed by atoms with E-state index in [1.807, 2.05) is 24.3 Å². The maximum Gasteiger partial charge on any atom is 0.251 e. The predicted octanol–water partition coefficient (Wildman–Crippen LogP) is 5.23. The third kappa shape index (κ3) is 6.02. The van der Waals surface area contributed by atoms with Crippen molar-refractivity contribution in [2.75, 3.05) is 24.6 Å². The number of benzene rings is 2. The van der Waals surface area contributed by atoms with Crippen molar-refractivity contribution in [3.8, 4) is 5.75 Å². The zero-order chi connectivity index (χ0) is 23.0. The summed E-state index contributed by atoms with van der Waals surface area (Å²) in [4.78, 5) is 29.5. The van der Waals surface area contributed by atoms with Gasteiger partial charge in [0.2, 0.25) is 5.91 Å². The summed E-state index contributed by atoms with van der Waals surface area (Å²) in [5.74, 6) is 1.23. The molecule has 2 aliphatic heterocycles. The number of anilines is 1. The van der Waals surface area contributed by atoms with E-state index in [0.717, 1.165) is 44.5 Å². The molecule has 0 aromatic heterocycles. The van der Waals surface area contributed by atoms with Crippen molar-refractivity contribution in [2.24, 2.45) is 5.92 Å². The van der Waals surface area contributed by atoms with E-state index in [0.29, 0.717) is 18.2 Å². The molecule has 1 atom stereocenters. The number of likely N-dealkylation sites (tertiary alicyclic amines) is 1. The standard InChI is InChI=1S/C28H36N2O3/c1-2-3-4-8-19-33-25-13-11-24(12-14-25)30-27(31)21-26(28(30)32)29-17-15-23(16-18-29)20-22-9-6-5-7-10-22/h5-7,9-14,23,26H,2-4,8,15-21H2,1H3/t26-/m1/s1. The molecule has 0 saturated carbocycles. The van der Waals surface area contributed by atoms with Gasteiger partial charge in [0, 0.05) is 0 Å². The van der Waals surface area contributed by atoms with Crippen molar-refractivity contribution in [3.63, 3.8) is 0 Å². The highest BCUT2D eigenvalue weighted by molar-refractivity contribution is 6.22. The number of amides is 2. The van der Waals surface area contributed by atoms with E-state index < -0.39 is 0 Å². The van der Waals surface area contributed by atoms with Crippen molar-refractivity contribution in [3.05, 3.63) is 60.2 Å². The van der Waals surface area contributed by atoms with E-state index in [2.05, 4.69) is 42.2 Å². The van der Waals surface area contributed by atoms with Crippen LogP contribution in [-0.4, -0.2) is 42.5 Å². The van der Waals surface area contributed by atoms with Crippen LogP contribution in [0, 0.1) is 5.92 Å². The van der Waals surface area contributed by atoms with Gasteiger partial charge in [-0.25, -0.2) is 4.90 Å². The molecule has 2 amide bonds. The van der Waals surface area contributed by atoms with Gasteiger partial charge in [-0.05, 0) is 74.5 Å². The van der Waals surface area contributed by atoms with Gasteiger partial charge >= 0.3 is 0 Å². The van der Waals surface area contributed by atoms with Gasteiger partial charge in [0.05, 0.1) is 24.8 Å². The minimum atomic E-state index is -0.329. The van der Waals surface area contributed by atoms with Crippen molar-refractivity contribution >= 4 is 17.5 Å². The number of piperidine rings is 1. The Labute approximate surface area is 197 Å². The van der Waals surface area contributed by atoms with Gasteiger partial charge in [-0.15, -0.1) is 0 Å². The average molecular weight is 449 g/mol. The predicted molar refractivity (Wildman–Crippen MR) is 131 cm³/mol. The monoisotopic (exact) mass is 448 g/mol. The smallest absolute Gasteiger partial charge is 0.251 e. The van der Waals surface area contributed by atoms with Gasteiger partial charge in [0.15, 0.2) is 0 Å². The molecule has 0 N–H and O–H groups in total. The summed E-state index contributed by atoms with van der Waals surface area (Å²) in [5, 5.41) is 0.